The molecule has 0 spiro atoms. The van der Waals surface area contributed by atoms with E-state index in [0.29, 0.717) is 16.7 Å². The van der Waals surface area contributed by atoms with Gasteiger partial charge in [-0.15, -0.1) is 0 Å². The second-order valence-electron chi connectivity index (χ2n) is 4.55. The van der Waals surface area contributed by atoms with Crippen LogP contribution in [-0.4, -0.2) is 23.0 Å². The zero-order valence-electron chi connectivity index (χ0n) is 10.4. The van der Waals surface area contributed by atoms with E-state index in [9.17, 15) is 4.79 Å². The Morgan fingerprint density at radius 3 is 1.93 bits per heavy atom. The highest BCUT2D eigenvalue weighted by Gasteiger charge is 2.32. The lowest BCUT2D eigenvalue weighted by Crippen LogP contribution is -2.28. The fourth-order valence-corrected chi connectivity index (χ4v) is 3.78. The predicted octanol–water partition coefficient (Wildman–Crippen LogP) is 3.04. The van der Waals surface area contributed by atoms with Crippen LogP contribution in [0.4, 0.5) is 0 Å². The van der Waals surface area contributed by atoms with Crippen molar-refractivity contribution in [3.8, 4) is 0 Å². The lowest BCUT2D eigenvalue weighted by molar-refractivity contribution is -0.123. The summed E-state index contributed by atoms with van der Waals surface area (Å²) in [5.41, 5.74) is -0.115. The van der Waals surface area contributed by atoms with Crippen molar-refractivity contribution in [1.82, 2.24) is 0 Å². The minimum Gasteiger partial charge on any atom is -0.294 e. The molecule has 1 rings (SSSR count). The van der Waals surface area contributed by atoms with Crippen LogP contribution in [0.25, 0.3) is 0 Å². The van der Waals surface area contributed by atoms with E-state index in [-0.39, 0.29) is 5.41 Å². The first-order valence-electron chi connectivity index (χ1n) is 5.67. The van der Waals surface area contributed by atoms with Crippen molar-refractivity contribution in [3.05, 3.63) is 0 Å². The highest BCUT2D eigenvalue weighted by Crippen LogP contribution is 2.20. The van der Waals surface area contributed by atoms with Crippen LogP contribution in [0.2, 0.25) is 0 Å². The van der Waals surface area contributed by atoms with E-state index in [0.717, 1.165) is 5.75 Å². The van der Waals surface area contributed by atoms with Gasteiger partial charge in [0, 0.05) is 5.41 Å². The summed E-state index contributed by atoms with van der Waals surface area (Å²) in [4.78, 5) is 11.6. The molecule has 1 fully saturated rings. The van der Waals surface area contributed by atoms with Crippen LogP contribution in [0.5, 0.6) is 0 Å². The van der Waals surface area contributed by atoms with Crippen LogP contribution < -0.4 is 0 Å². The molecule has 1 aliphatic heterocycles. The van der Waals surface area contributed by atoms with Crippen molar-refractivity contribution in [2.75, 3.05) is 17.3 Å². The summed E-state index contributed by atoms with van der Waals surface area (Å²) >= 11 is 0. The highest BCUT2D eigenvalue weighted by atomic mass is 32.2. The Labute approximate surface area is 92.0 Å². The van der Waals surface area contributed by atoms with Gasteiger partial charge in [-0.3, -0.25) is 4.79 Å². The molecular formula is C12H25OS+. The Morgan fingerprint density at radius 1 is 1.14 bits per heavy atom. The SMILES string of the molecule is CC.CC(C)(C)C(=O)C[S+]1CCCC1. The zero-order valence-corrected chi connectivity index (χ0v) is 11.2. The van der Waals surface area contributed by atoms with E-state index in [4.69, 9.17) is 0 Å². The minimum atomic E-state index is -0.115. The van der Waals surface area contributed by atoms with Gasteiger partial charge in [-0.05, 0) is 23.7 Å². The fraction of sp³-hybridized carbons (Fsp3) is 0.917. The zero-order chi connectivity index (χ0) is 11.2. The van der Waals surface area contributed by atoms with Gasteiger partial charge < -0.3 is 0 Å². The molecule has 0 aromatic heterocycles. The predicted molar refractivity (Wildman–Crippen MR) is 67.0 cm³/mol. The van der Waals surface area contributed by atoms with E-state index < -0.39 is 0 Å². The molecule has 1 aliphatic rings. The van der Waals surface area contributed by atoms with Gasteiger partial charge in [0.2, 0.25) is 0 Å². The summed E-state index contributed by atoms with van der Waals surface area (Å²) < 4.78 is 0. The fourth-order valence-electron chi connectivity index (χ4n) is 1.26. The Bertz CT molecular complexity index is 164. The molecule has 0 aliphatic carbocycles. The van der Waals surface area contributed by atoms with Crippen molar-refractivity contribution < 1.29 is 4.79 Å². The Morgan fingerprint density at radius 2 is 1.57 bits per heavy atom. The number of ketones is 1. The van der Waals surface area contributed by atoms with Crippen LogP contribution in [0.1, 0.15) is 47.5 Å². The Kier molecular flexibility index (Phi) is 6.50. The highest BCUT2D eigenvalue weighted by molar-refractivity contribution is 7.97. The minimum absolute atomic E-state index is 0.115. The molecule has 0 N–H and O–H groups in total. The van der Waals surface area contributed by atoms with Gasteiger partial charge in [0.25, 0.3) is 0 Å². The van der Waals surface area contributed by atoms with Gasteiger partial charge in [-0.1, -0.05) is 34.6 Å². The molecule has 2 heteroatoms. The molecular weight excluding hydrogens is 192 g/mol. The molecule has 0 aromatic rings. The van der Waals surface area contributed by atoms with Gasteiger partial charge in [0.05, 0.1) is 0 Å². The smallest absolute Gasteiger partial charge is 0.187 e. The van der Waals surface area contributed by atoms with Crippen LogP contribution in [0.3, 0.4) is 0 Å². The third-order valence-corrected chi connectivity index (χ3v) is 4.69. The van der Waals surface area contributed by atoms with Crippen LogP contribution in [0, 0.1) is 5.41 Å². The average Bonchev–Trinajstić information content (AvgIpc) is 2.59. The monoisotopic (exact) mass is 217 g/mol. The second-order valence-corrected chi connectivity index (χ2v) is 6.88. The van der Waals surface area contributed by atoms with Crippen LogP contribution in [-0.2, 0) is 15.7 Å². The van der Waals surface area contributed by atoms with Crippen molar-refractivity contribution >= 4 is 16.7 Å². The quantitative estimate of drug-likeness (QED) is 0.650. The molecule has 1 saturated heterocycles. The lowest BCUT2D eigenvalue weighted by atomic mass is 9.92. The van der Waals surface area contributed by atoms with Crippen molar-refractivity contribution in [2.45, 2.75) is 47.5 Å². The Balaban J connectivity index is 0.000000791. The molecule has 0 amide bonds. The van der Waals surface area contributed by atoms with Crippen LogP contribution in [0.15, 0.2) is 0 Å². The number of carbonyl (C=O) groups is 1. The average molecular weight is 217 g/mol. The molecule has 0 aromatic carbocycles. The van der Waals surface area contributed by atoms with E-state index in [2.05, 4.69) is 0 Å². The van der Waals surface area contributed by atoms with E-state index >= 15 is 0 Å². The van der Waals surface area contributed by atoms with Crippen LogP contribution >= 0.6 is 0 Å². The number of Topliss-reactive ketones (excluding diaryl/α,β-unsaturated/α-hetero) is 1. The maximum Gasteiger partial charge on any atom is 0.187 e. The standard InChI is InChI=1S/C10H19OS.C2H6/c1-10(2,3)9(11)8-12-6-4-5-7-12;1-2/h4-8H2,1-3H3;1-2H3/q+1;. The van der Waals surface area contributed by atoms with Crippen molar-refractivity contribution in [3.63, 3.8) is 0 Å². The molecule has 0 bridgehead atoms. The third-order valence-electron chi connectivity index (χ3n) is 2.29. The summed E-state index contributed by atoms with van der Waals surface area (Å²) in [5, 5.41) is 0. The van der Waals surface area contributed by atoms with Crippen molar-refractivity contribution in [2.24, 2.45) is 5.41 Å². The van der Waals surface area contributed by atoms with Gasteiger partial charge in [0.1, 0.15) is 11.5 Å². The number of hydrogen-bond acceptors (Lipinski definition) is 1. The normalized spacial score (nSPS) is 17.5. The molecule has 0 saturated carbocycles. The number of hydrogen-bond donors (Lipinski definition) is 0. The molecule has 0 radical (unpaired) electrons. The van der Waals surface area contributed by atoms with Gasteiger partial charge in [0.15, 0.2) is 11.5 Å². The summed E-state index contributed by atoms with van der Waals surface area (Å²) in [6, 6.07) is 0. The molecule has 1 nitrogen and oxygen atoms in total. The first-order chi connectivity index (χ1) is 6.50. The van der Waals surface area contributed by atoms with Gasteiger partial charge in [-0.2, -0.15) is 0 Å². The molecule has 1 heterocycles. The summed E-state index contributed by atoms with van der Waals surface area (Å²) in [6.07, 6.45) is 2.70. The summed E-state index contributed by atoms with van der Waals surface area (Å²) in [6.45, 7) is 10.1. The molecule has 0 unspecified atom stereocenters. The lowest BCUT2D eigenvalue weighted by Gasteiger charge is -2.14. The summed E-state index contributed by atoms with van der Waals surface area (Å²) in [7, 11) is 0.447. The third kappa shape index (κ3) is 5.04. The Hall–Kier alpha value is 0.0200. The topological polar surface area (TPSA) is 17.1 Å². The first-order valence-corrected chi connectivity index (χ1v) is 7.41. The molecule has 14 heavy (non-hydrogen) atoms. The summed E-state index contributed by atoms with van der Waals surface area (Å²) in [5.74, 6) is 3.92. The molecule has 84 valence electrons. The van der Waals surface area contributed by atoms with Crippen molar-refractivity contribution in [1.29, 1.82) is 0 Å². The van der Waals surface area contributed by atoms with Gasteiger partial charge >= 0.3 is 0 Å². The first kappa shape index (κ1) is 14.0. The van der Waals surface area contributed by atoms with E-state index in [1.54, 1.807) is 0 Å². The van der Waals surface area contributed by atoms with E-state index in [1.165, 1.54) is 24.3 Å². The maximum atomic E-state index is 11.6. The second kappa shape index (κ2) is 6.49. The maximum absolute atomic E-state index is 11.6. The van der Waals surface area contributed by atoms with E-state index in [1.807, 2.05) is 34.6 Å². The molecule has 0 atom stereocenters. The number of carbonyl (C=O) groups excluding carboxylic acids is 1. The largest absolute Gasteiger partial charge is 0.294 e. The number of rotatable bonds is 2. The van der Waals surface area contributed by atoms with Gasteiger partial charge in [-0.25, -0.2) is 0 Å².